The number of pyridine rings is 1. The van der Waals surface area contributed by atoms with Crippen molar-refractivity contribution in [2.75, 3.05) is 7.11 Å². The number of aromatic nitrogens is 1. The Balaban J connectivity index is 3.28. The Labute approximate surface area is 93.6 Å². The lowest BCUT2D eigenvalue weighted by Crippen LogP contribution is -2.09. The number of hydrogen-bond acceptors (Lipinski definition) is 3. The van der Waals surface area contributed by atoms with E-state index in [4.69, 9.17) is 0 Å². The number of carbonyl (C=O) groups is 1. The summed E-state index contributed by atoms with van der Waals surface area (Å²) in [7, 11) is 1.20. The van der Waals surface area contributed by atoms with Gasteiger partial charge in [-0.15, -0.1) is 0 Å². The Morgan fingerprint density at radius 3 is 2.80 bits per heavy atom. The molecule has 0 bridgehead atoms. The standard InChI is InChI=1S/C9H8BrF2NO2/c1-15-9(14)5-2-3-13-7(8(11)12)6(5)4-10/h2-3,8H,4H2,1H3. The lowest BCUT2D eigenvalue weighted by atomic mass is 10.1. The first kappa shape index (κ1) is 12.0. The molecule has 0 aromatic carbocycles. The van der Waals surface area contributed by atoms with Crippen molar-refractivity contribution in [1.29, 1.82) is 0 Å². The normalized spacial score (nSPS) is 10.5. The molecule has 15 heavy (non-hydrogen) atoms. The largest absolute Gasteiger partial charge is 0.465 e. The fraction of sp³-hybridized carbons (Fsp3) is 0.333. The van der Waals surface area contributed by atoms with Crippen LogP contribution in [0.5, 0.6) is 0 Å². The number of ether oxygens (including phenoxy) is 1. The van der Waals surface area contributed by atoms with E-state index in [-0.39, 0.29) is 16.5 Å². The molecule has 3 nitrogen and oxygen atoms in total. The smallest absolute Gasteiger partial charge is 0.338 e. The van der Waals surface area contributed by atoms with Gasteiger partial charge in [0, 0.05) is 17.1 Å². The van der Waals surface area contributed by atoms with Crippen molar-refractivity contribution < 1.29 is 18.3 Å². The molecule has 0 saturated heterocycles. The second-order valence-electron chi connectivity index (χ2n) is 2.65. The number of halogens is 3. The van der Waals surface area contributed by atoms with E-state index in [2.05, 4.69) is 25.7 Å². The van der Waals surface area contributed by atoms with Crippen LogP contribution in [0.15, 0.2) is 12.3 Å². The zero-order valence-corrected chi connectivity index (χ0v) is 9.42. The summed E-state index contributed by atoms with van der Waals surface area (Å²) in [4.78, 5) is 14.8. The summed E-state index contributed by atoms with van der Waals surface area (Å²) >= 11 is 3.04. The van der Waals surface area contributed by atoms with Crippen molar-refractivity contribution in [3.05, 3.63) is 29.1 Å². The van der Waals surface area contributed by atoms with Gasteiger partial charge in [0.1, 0.15) is 5.69 Å². The molecule has 1 rings (SSSR count). The number of alkyl halides is 3. The molecule has 0 unspecified atom stereocenters. The van der Waals surface area contributed by atoms with Gasteiger partial charge >= 0.3 is 5.97 Å². The fourth-order valence-corrected chi connectivity index (χ4v) is 1.73. The van der Waals surface area contributed by atoms with Gasteiger partial charge in [0.25, 0.3) is 6.43 Å². The van der Waals surface area contributed by atoms with Crippen LogP contribution in [-0.4, -0.2) is 18.1 Å². The molecule has 0 radical (unpaired) electrons. The highest BCUT2D eigenvalue weighted by Gasteiger charge is 2.20. The van der Waals surface area contributed by atoms with Crippen LogP contribution in [0.2, 0.25) is 0 Å². The Kier molecular flexibility index (Phi) is 4.14. The minimum Gasteiger partial charge on any atom is -0.465 e. The molecule has 0 amide bonds. The Hall–Kier alpha value is -1.04. The van der Waals surface area contributed by atoms with Crippen LogP contribution in [0.1, 0.15) is 28.0 Å². The van der Waals surface area contributed by atoms with E-state index in [0.717, 1.165) is 0 Å². The van der Waals surface area contributed by atoms with Gasteiger partial charge in [-0.05, 0) is 6.07 Å². The lowest BCUT2D eigenvalue weighted by Gasteiger charge is -2.09. The highest BCUT2D eigenvalue weighted by atomic mass is 79.9. The summed E-state index contributed by atoms with van der Waals surface area (Å²) in [6.45, 7) is 0. The summed E-state index contributed by atoms with van der Waals surface area (Å²) in [5, 5.41) is 0.130. The maximum Gasteiger partial charge on any atom is 0.338 e. The Bertz CT molecular complexity index is 371. The molecule has 0 fully saturated rings. The molecule has 0 aliphatic carbocycles. The number of hydrogen-bond donors (Lipinski definition) is 0. The van der Waals surface area contributed by atoms with Crippen LogP contribution in [-0.2, 0) is 10.1 Å². The van der Waals surface area contributed by atoms with Crippen molar-refractivity contribution in [3.63, 3.8) is 0 Å². The van der Waals surface area contributed by atoms with Gasteiger partial charge in [0.15, 0.2) is 0 Å². The van der Waals surface area contributed by atoms with Crippen molar-refractivity contribution in [1.82, 2.24) is 4.98 Å². The minimum absolute atomic E-state index is 0.111. The SMILES string of the molecule is COC(=O)c1ccnc(C(F)F)c1CBr. The molecule has 0 atom stereocenters. The van der Waals surface area contributed by atoms with E-state index in [1.54, 1.807) is 0 Å². The van der Waals surface area contributed by atoms with Gasteiger partial charge < -0.3 is 4.74 Å². The molecule has 0 N–H and O–H groups in total. The number of methoxy groups -OCH3 is 1. The Morgan fingerprint density at radius 2 is 2.33 bits per heavy atom. The highest BCUT2D eigenvalue weighted by Crippen LogP contribution is 2.25. The summed E-state index contributed by atoms with van der Waals surface area (Å²) in [6, 6.07) is 1.36. The highest BCUT2D eigenvalue weighted by molar-refractivity contribution is 9.08. The van der Waals surface area contributed by atoms with E-state index < -0.39 is 18.1 Å². The molecule has 1 heterocycles. The average Bonchev–Trinajstić information content (AvgIpc) is 2.26. The van der Waals surface area contributed by atoms with Gasteiger partial charge in [0.05, 0.1) is 12.7 Å². The second kappa shape index (κ2) is 5.16. The van der Waals surface area contributed by atoms with E-state index in [9.17, 15) is 13.6 Å². The summed E-state index contributed by atoms with van der Waals surface area (Å²) in [5.74, 6) is -0.645. The quantitative estimate of drug-likeness (QED) is 0.631. The van der Waals surface area contributed by atoms with E-state index in [0.29, 0.717) is 0 Å². The van der Waals surface area contributed by atoms with Crippen LogP contribution in [0.4, 0.5) is 8.78 Å². The topological polar surface area (TPSA) is 39.2 Å². The van der Waals surface area contributed by atoms with Gasteiger partial charge in [-0.1, -0.05) is 15.9 Å². The Morgan fingerprint density at radius 1 is 1.67 bits per heavy atom. The molecule has 0 saturated carbocycles. The zero-order chi connectivity index (χ0) is 11.4. The fourth-order valence-electron chi connectivity index (χ4n) is 1.14. The summed E-state index contributed by atoms with van der Waals surface area (Å²) in [5.41, 5.74) is -0.117. The molecule has 1 aromatic heterocycles. The molecule has 0 aliphatic heterocycles. The zero-order valence-electron chi connectivity index (χ0n) is 7.84. The third kappa shape index (κ3) is 2.50. The van der Waals surface area contributed by atoms with Crippen LogP contribution in [0.25, 0.3) is 0 Å². The first-order valence-corrected chi connectivity index (χ1v) is 5.14. The maximum absolute atomic E-state index is 12.5. The van der Waals surface area contributed by atoms with Crippen molar-refractivity contribution in [2.45, 2.75) is 11.8 Å². The van der Waals surface area contributed by atoms with Gasteiger partial charge in [-0.3, -0.25) is 4.98 Å². The number of rotatable bonds is 3. The summed E-state index contributed by atoms with van der Waals surface area (Å²) in [6.07, 6.45) is -1.54. The third-order valence-electron chi connectivity index (χ3n) is 1.83. The van der Waals surface area contributed by atoms with E-state index in [1.807, 2.05) is 0 Å². The lowest BCUT2D eigenvalue weighted by molar-refractivity contribution is 0.0599. The molecular weight excluding hydrogens is 272 g/mol. The van der Waals surface area contributed by atoms with Crippen molar-refractivity contribution >= 4 is 21.9 Å². The maximum atomic E-state index is 12.5. The second-order valence-corrected chi connectivity index (χ2v) is 3.21. The van der Waals surface area contributed by atoms with Crippen LogP contribution < -0.4 is 0 Å². The number of carbonyl (C=O) groups excluding carboxylic acids is 1. The van der Waals surface area contributed by atoms with Gasteiger partial charge in [-0.25, -0.2) is 13.6 Å². The third-order valence-corrected chi connectivity index (χ3v) is 2.40. The monoisotopic (exact) mass is 279 g/mol. The molecular formula is C9H8BrF2NO2. The van der Waals surface area contributed by atoms with Gasteiger partial charge in [0.2, 0.25) is 0 Å². The molecule has 0 spiro atoms. The molecule has 0 aliphatic rings. The van der Waals surface area contributed by atoms with E-state index >= 15 is 0 Å². The average molecular weight is 280 g/mol. The summed E-state index contributed by atoms with van der Waals surface area (Å²) < 4.78 is 29.5. The van der Waals surface area contributed by atoms with Crippen molar-refractivity contribution in [3.8, 4) is 0 Å². The van der Waals surface area contributed by atoms with E-state index in [1.165, 1.54) is 19.4 Å². The first-order valence-electron chi connectivity index (χ1n) is 4.02. The van der Waals surface area contributed by atoms with Gasteiger partial charge in [-0.2, -0.15) is 0 Å². The molecule has 82 valence electrons. The minimum atomic E-state index is -2.71. The first-order chi connectivity index (χ1) is 7.11. The predicted octanol–water partition coefficient (Wildman–Crippen LogP) is 2.70. The number of nitrogens with zero attached hydrogens (tertiary/aromatic N) is 1. The van der Waals surface area contributed by atoms with Crippen LogP contribution in [0, 0.1) is 0 Å². The predicted molar refractivity (Wildman–Crippen MR) is 53.2 cm³/mol. The van der Waals surface area contributed by atoms with Crippen LogP contribution >= 0.6 is 15.9 Å². The van der Waals surface area contributed by atoms with Crippen LogP contribution in [0.3, 0.4) is 0 Å². The molecule has 1 aromatic rings. The molecule has 6 heteroatoms. The van der Waals surface area contributed by atoms with Crippen molar-refractivity contribution in [2.24, 2.45) is 0 Å². The number of esters is 1.